The van der Waals surface area contributed by atoms with Gasteiger partial charge in [0, 0.05) is 24.7 Å². The summed E-state index contributed by atoms with van der Waals surface area (Å²) in [7, 11) is 0. The van der Waals surface area contributed by atoms with Crippen molar-refractivity contribution >= 4 is 23.2 Å². The predicted octanol–water partition coefficient (Wildman–Crippen LogP) is 2.21. The topological polar surface area (TPSA) is 47.7 Å². The van der Waals surface area contributed by atoms with Gasteiger partial charge in [0.15, 0.2) is 0 Å². The van der Waals surface area contributed by atoms with E-state index in [0.717, 1.165) is 38.4 Å². The summed E-state index contributed by atoms with van der Waals surface area (Å²) < 4.78 is 11.2. The van der Waals surface area contributed by atoms with Crippen molar-refractivity contribution in [2.45, 2.75) is 6.42 Å². The Morgan fingerprint density at radius 2 is 2.00 bits per heavy atom. The third-order valence-electron chi connectivity index (χ3n) is 3.26. The fraction of sp³-hybridized carbons (Fsp3) is 0.571. The first-order valence-electron chi connectivity index (χ1n) is 6.81. The molecular weight excluding hydrogens is 299 g/mol. The van der Waals surface area contributed by atoms with Crippen LogP contribution in [0.25, 0.3) is 0 Å². The lowest BCUT2D eigenvalue weighted by Crippen LogP contribution is -2.38. The smallest absolute Gasteiger partial charge is 0.141 e. The van der Waals surface area contributed by atoms with E-state index < -0.39 is 0 Å². The van der Waals surface area contributed by atoms with Crippen LogP contribution in [0, 0.1) is 0 Å². The molecule has 6 heteroatoms. The molecule has 1 aromatic carbocycles. The van der Waals surface area contributed by atoms with Crippen molar-refractivity contribution in [1.82, 2.24) is 4.90 Å². The van der Waals surface area contributed by atoms with E-state index in [2.05, 4.69) is 4.90 Å². The van der Waals surface area contributed by atoms with E-state index in [4.69, 9.17) is 38.4 Å². The second-order valence-electron chi connectivity index (χ2n) is 4.72. The molecule has 0 radical (unpaired) electrons. The van der Waals surface area contributed by atoms with Crippen LogP contribution in [-0.2, 0) is 11.2 Å². The zero-order chi connectivity index (χ0) is 14.4. The highest BCUT2D eigenvalue weighted by Crippen LogP contribution is 2.32. The molecule has 4 nitrogen and oxygen atoms in total. The molecule has 1 fully saturated rings. The van der Waals surface area contributed by atoms with E-state index in [1.807, 2.05) is 6.07 Å². The summed E-state index contributed by atoms with van der Waals surface area (Å²) in [5, 5.41) is 1.15. The lowest BCUT2D eigenvalue weighted by atomic mass is 10.1. The number of rotatable bonds is 6. The minimum absolute atomic E-state index is 0.538. The molecule has 0 atom stereocenters. The summed E-state index contributed by atoms with van der Waals surface area (Å²) >= 11 is 12.2. The molecule has 1 aliphatic rings. The molecule has 2 rings (SSSR count). The highest BCUT2D eigenvalue weighted by molar-refractivity contribution is 6.35. The highest BCUT2D eigenvalue weighted by Gasteiger charge is 2.13. The molecule has 0 aromatic heterocycles. The van der Waals surface area contributed by atoms with E-state index in [9.17, 15) is 0 Å². The van der Waals surface area contributed by atoms with Gasteiger partial charge >= 0.3 is 0 Å². The van der Waals surface area contributed by atoms with Gasteiger partial charge in [-0.3, -0.25) is 4.90 Å². The molecule has 1 heterocycles. The van der Waals surface area contributed by atoms with Gasteiger partial charge in [0.25, 0.3) is 0 Å². The number of halogens is 2. The minimum Gasteiger partial charge on any atom is -0.490 e. The van der Waals surface area contributed by atoms with Gasteiger partial charge in [-0.05, 0) is 30.7 Å². The molecule has 1 saturated heterocycles. The summed E-state index contributed by atoms with van der Waals surface area (Å²) in [6.45, 7) is 5.49. The highest BCUT2D eigenvalue weighted by atomic mass is 35.5. The van der Waals surface area contributed by atoms with Crippen LogP contribution in [0.4, 0.5) is 0 Å². The summed E-state index contributed by atoms with van der Waals surface area (Å²) in [6, 6.07) is 3.57. The van der Waals surface area contributed by atoms with Crippen LogP contribution in [0.15, 0.2) is 12.1 Å². The van der Waals surface area contributed by atoms with Crippen LogP contribution in [0.5, 0.6) is 5.75 Å². The molecule has 0 spiro atoms. The zero-order valence-corrected chi connectivity index (χ0v) is 12.9. The van der Waals surface area contributed by atoms with Gasteiger partial charge in [0.2, 0.25) is 0 Å². The number of nitrogens with two attached hydrogens (primary N) is 1. The largest absolute Gasteiger partial charge is 0.490 e. The SMILES string of the molecule is NCCc1cc(Cl)cc(Cl)c1OCCN1CCOCC1. The maximum atomic E-state index is 6.21. The summed E-state index contributed by atoms with van der Waals surface area (Å²) in [6.07, 6.45) is 0.702. The van der Waals surface area contributed by atoms with Gasteiger partial charge in [0.05, 0.1) is 18.2 Å². The maximum Gasteiger partial charge on any atom is 0.141 e. The number of ether oxygens (including phenoxy) is 2. The van der Waals surface area contributed by atoms with E-state index in [0.29, 0.717) is 35.4 Å². The van der Waals surface area contributed by atoms with Crippen LogP contribution in [0.1, 0.15) is 5.56 Å². The number of hydrogen-bond acceptors (Lipinski definition) is 4. The first-order valence-corrected chi connectivity index (χ1v) is 7.57. The van der Waals surface area contributed by atoms with Gasteiger partial charge in [-0.15, -0.1) is 0 Å². The van der Waals surface area contributed by atoms with Gasteiger partial charge in [0.1, 0.15) is 12.4 Å². The number of benzene rings is 1. The van der Waals surface area contributed by atoms with Gasteiger partial charge in [-0.1, -0.05) is 23.2 Å². The average molecular weight is 319 g/mol. The van der Waals surface area contributed by atoms with Crippen LogP contribution in [-0.4, -0.2) is 50.9 Å². The molecule has 20 heavy (non-hydrogen) atoms. The lowest BCUT2D eigenvalue weighted by molar-refractivity contribution is 0.0322. The van der Waals surface area contributed by atoms with Crippen molar-refractivity contribution in [3.63, 3.8) is 0 Å². The Kier molecular flexibility index (Phi) is 6.39. The number of morpholine rings is 1. The molecular formula is C14H20Cl2N2O2. The molecule has 0 bridgehead atoms. The van der Waals surface area contributed by atoms with Crippen LogP contribution in [0.3, 0.4) is 0 Å². The molecule has 2 N–H and O–H groups in total. The van der Waals surface area contributed by atoms with Crippen LogP contribution >= 0.6 is 23.2 Å². The van der Waals surface area contributed by atoms with E-state index >= 15 is 0 Å². The molecule has 1 aromatic rings. The fourth-order valence-electron chi connectivity index (χ4n) is 2.22. The summed E-state index contributed by atoms with van der Waals surface area (Å²) in [5.74, 6) is 0.703. The Morgan fingerprint density at radius 3 is 2.70 bits per heavy atom. The molecule has 1 aliphatic heterocycles. The second-order valence-corrected chi connectivity index (χ2v) is 5.56. The maximum absolute atomic E-state index is 6.21. The van der Waals surface area contributed by atoms with E-state index in [1.165, 1.54) is 0 Å². The fourth-order valence-corrected chi connectivity index (χ4v) is 2.81. The Morgan fingerprint density at radius 1 is 1.25 bits per heavy atom. The average Bonchev–Trinajstić information content (AvgIpc) is 2.43. The minimum atomic E-state index is 0.538. The van der Waals surface area contributed by atoms with Gasteiger partial charge < -0.3 is 15.2 Å². The van der Waals surface area contributed by atoms with Crippen molar-refractivity contribution in [1.29, 1.82) is 0 Å². The summed E-state index contributed by atoms with van der Waals surface area (Å²) in [5.41, 5.74) is 6.58. The normalized spacial score (nSPS) is 16.4. The third kappa shape index (κ3) is 4.50. The lowest BCUT2D eigenvalue weighted by Gasteiger charge is -2.26. The Hall–Kier alpha value is -0.520. The van der Waals surface area contributed by atoms with Gasteiger partial charge in [-0.2, -0.15) is 0 Å². The van der Waals surface area contributed by atoms with Crippen molar-refractivity contribution in [3.8, 4) is 5.75 Å². The number of hydrogen-bond donors (Lipinski definition) is 1. The van der Waals surface area contributed by atoms with Gasteiger partial charge in [-0.25, -0.2) is 0 Å². The Balaban J connectivity index is 1.93. The van der Waals surface area contributed by atoms with Crippen LogP contribution < -0.4 is 10.5 Å². The molecule has 0 saturated carbocycles. The Labute approximate surface area is 129 Å². The summed E-state index contributed by atoms with van der Waals surface area (Å²) in [4.78, 5) is 2.32. The monoisotopic (exact) mass is 318 g/mol. The van der Waals surface area contributed by atoms with Crippen molar-refractivity contribution < 1.29 is 9.47 Å². The Bertz CT molecular complexity index is 437. The quantitative estimate of drug-likeness (QED) is 0.873. The molecule has 0 amide bonds. The molecule has 112 valence electrons. The second kappa shape index (κ2) is 8.05. The first kappa shape index (κ1) is 15.9. The predicted molar refractivity (Wildman–Crippen MR) is 82.0 cm³/mol. The van der Waals surface area contributed by atoms with Crippen molar-refractivity contribution in [2.75, 3.05) is 46.0 Å². The van der Waals surface area contributed by atoms with Crippen molar-refractivity contribution in [2.24, 2.45) is 5.73 Å². The molecule has 0 unspecified atom stereocenters. The van der Waals surface area contributed by atoms with Crippen molar-refractivity contribution in [3.05, 3.63) is 27.7 Å². The standard InChI is InChI=1S/C14H20Cl2N2O2/c15-12-9-11(1-2-17)14(13(16)10-12)20-8-5-18-3-6-19-7-4-18/h9-10H,1-8,17H2. The third-order valence-corrected chi connectivity index (χ3v) is 3.76. The number of nitrogens with zero attached hydrogens (tertiary/aromatic N) is 1. The van der Waals surface area contributed by atoms with E-state index in [1.54, 1.807) is 6.07 Å². The molecule has 0 aliphatic carbocycles. The van der Waals surface area contributed by atoms with Crippen LogP contribution in [0.2, 0.25) is 10.0 Å². The first-order chi connectivity index (χ1) is 9.70. The zero-order valence-electron chi connectivity index (χ0n) is 11.4. The van der Waals surface area contributed by atoms with E-state index in [-0.39, 0.29) is 0 Å².